The quantitative estimate of drug-likeness (QED) is 0.619. The fourth-order valence-corrected chi connectivity index (χ4v) is 4.45. The van der Waals surface area contributed by atoms with Crippen LogP contribution in [-0.4, -0.2) is 51.8 Å². The van der Waals surface area contributed by atoms with Crippen molar-refractivity contribution in [1.29, 1.82) is 0 Å². The van der Waals surface area contributed by atoms with E-state index in [1.165, 1.54) is 12.6 Å². The summed E-state index contributed by atoms with van der Waals surface area (Å²) in [5.74, 6) is -1.53. The Hall–Kier alpha value is -2.97. The van der Waals surface area contributed by atoms with Gasteiger partial charge >= 0.3 is 5.97 Å². The van der Waals surface area contributed by atoms with Gasteiger partial charge in [0, 0.05) is 37.8 Å². The van der Waals surface area contributed by atoms with E-state index >= 15 is 0 Å². The van der Waals surface area contributed by atoms with Crippen molar-refractivity contribution in [3.05, 3.63) is 24.0 Å². The number of carbonyl (C=O) groups is 4. The lowest BCUT2D eigenvalue weighted by Gasteiger charge is -2.26. The van der Waals surface area contributed by atoms with E-state index in [1.54, 1.807) is 17.2 Å². The number of hydrogen-bond acceptors (Lipinski definition) is 6. The number of nitrogens with one attached hydrogen (secondary N) is 1. The number of carbonyl (C=O) groups excluding carboxylic acids is 3. The maximum absolute atomic E-state index is 12.1. The van der Waals surface area contributed by atoms with Crippen LogP contribution in [0.1, 0.15) is 62.8 Å². The third-order valence-electron chi connectivity index (χ3n) is 6.23. The summed E-state index contributed by atoms with van der Waals surface area (Å²) < 4.78 is 0. The molecule has 3 aliphatic rings. The molecule has 9 heteroatoms. The molecule has 31 heavy (non-hydrogen) atoms. The first-order valence-corrected chi connectivity index (χ1v) is 10.9. The molecular weight excluding hydrogens is 400 g/mol. The van der Waals surface area contributed by atoms with Crippen LogP contribution in [0.4, 0.5) is 5.69 Å². The largest absolute Gasteiger partial charge is 0.481 e. The monoisotopic (exact) mass is 430 g/mol. The van der Waals surface area contributed by atoms with Crippen LogP contribution >= 0.6 is 0 Å². The van der Waals surface area contributed by atoms with E-state index in [-0.39, 0.29) is 35.5 Å². The second-order valence-electron chi connectivity index (χ2n) is 8.50. The molecule has 2 saturated heterocycles. The van der Waals surface area contributed by atoms with Crippen LogP contribution in [-0.2, 0) is 19.2 Å². The molecule has 3 amide bonds. The summed E-state index contributed by atoms with van der Waals surface area (Å²) in [6.45, 7) is 1.05. The summed E-state index contributed by atoms with van der Waals surface area (Å²) >= 11 is 0. The lowest BCUT2D eigenvalue weighted by atomic mass is 9.88. The highest BCUT2D eigenvalue weighted by Crippen LogP contribution is 2.28. The van der Waals surface area contributed by atoms with Gasteiger partial charge in [-0.1, -0.05) is 19.3 Å². The molecule has 1 saturated carbocycles. The van der Waals surface area contributed by atoms with Crippen molar-refractivity contribution in [3.63, 3.8) is 0 Å². The van der Waals surface area contributed by atoms with E-state index < -0.39 is 5.97 Å². The number of piperidine rings is 1. The van der Waals surface area contributed by atoms with Gasteiger partial charge in [0.1, 0.15) is 0 Å². The summed E-state index contributed by atoms with van der Waals surface area (Å²) in [7, 11) is 0. The molecule has 2 unspecified atom stereocenters. The molecule has 9 nitrogen and oxygen atoms in total. The number of aliphatic carboxylic acids is 1. The van der Waals surface area contributed by atoms with Gasteiger partial charge in [0.15, 0.2) is 0 Å². The Kier molecular flexibility index (Phi) is 7.59. The molecule has 0 radical (unpaired) electrons. The Bertz CT molecular complexity index is 837. The summed E-state index contributed by atoms with van der Waals surface area (Å²) in [5, 5.41) is 11.2. The van der Waals surface area contributed by atoms with Gasteiger partial charge in [0.2, 0.25) is 17.7 Å². The third-order valence-corrected chi connectivity index (χ3v) is 6.23. The van der Waals surface area contributed by atoms with Crippen LogP contribution in [0, 0.1) is 11.8 Å². The van der Waals surface area contributed by atoms with Crippen LogP contribution in [0.5, 0.6) is 0 Å². The Morgan fingerprint density at radius 3 is 2.42 bits per heavy atom. The number of nitrogens with zero attached hydrogens (tertiary/aromatic N) is 2. The first-order chi connectivity index (χ1) is 14.8. The molecule has 0 bridgehead atoms. The first-order valence-electron chi connectivity index (χ1n) is 10.9. The second kappa shape index (κ2) is 10.4. The van der Waals surface area contributed by atoms with Gasteiger partial charge in [-0.05, 0) is 37.3 Å². The van der Waals surface area contributed by atoms with Crippen molar-refractivity contribution in [3.8, 4) is 0 Å². The number of imide groups is 1. The number of carboxylic acid groups (broad SMARTS) is 1. The summed E-state index contributed by atoms with van der Waals surface area (Å²) in [4.78, 5) is 51.1. The number of hydrogen-bond donors (Lipinski definition) is 3. The van der Waals surface area contributed by atoms with Crippen LogP contribution in [0.2, 0.25) is 0 Å². The molecule has 4 rings (SSSR count). The van der Waals surface area contributed by atoms with Crippen molar-refractivity contribution in [1.82, 2.24) is 15.2 Å². The normalized spacial score (nSPS) is 24.2. The fraction of sp³-hybridized carbons (Fsp3) is 0.591. The summed E-state index contributed by atoms with van der Waals surface area (Å²) in [6.07, 6.45) is 10.2. The van der Waals surface area contributed by atoms with Crippen molar-refractivity contribution < 1.29 is 24.3 Å². The molecule has 2 atom stereocenters. The maximum Gasteiger partial charge on any atom is 0.308 e. The predicted molar refractivity (Wildman–Crippen MR) is 113 cm³/mol. The molecular formula is C22H30N4O5. The number of rotatable bonds is 3. The average molecular weight is 431 g/mol. The van der Waals surface area contributed by atoms with Gasteiger partial charge in [0.05, 0.1) is 17.5 Å². The standard InChI is InChI=1S/C12H19NO3.C10H11N3O2/c14-11(9-4-2-1-3-5-9)13-7-6-10(8-13)12(15)16;11-7-3-6(4-12-5-7)8-1-2-9(14)13-10(8)15/h9-10H,1-8H2,(H,15,16);3-5,8H,1-2,11H2,(H,13,14,15). The lowest BCUT2D eigenvalue weighted by Crippen LogP contribution is -2.39. The molecule has 0 spiro atoms. The zero-order valence-corrected chi connectivity index (χ0v) is 17.6. The number of aromatic nitrogens is 1. The minimum Gasteiger partial charge on any atom is -0.481 e. The molecule has 168 valence electrons. The Labute approximate surface area is 181 Å². The molecule has 3 heterocycles. The number of nitrogens with two attached hydrogens (primary N) is 1. The topological polar surface area (TPSA) is 143 Å². The minimum atomic E-state index is -0.765. The zero-order chi connectivity index (χ0) is 22.4. The molecule has 2 aliphatic heterocycles. The lowest BCUT2D eigenvalue weighted by molar-refractivity contribution is -0.142. The number of pyridine rings is 1. The third kappa shape index (κ3) is 6.02. The first kappa shape index (κ1) is 22.7. The Balaban J connectivity index is 0.000000176. The van der Waals surface area contributed by atoms with Crippen LogP contribution in [0.15, 0.2) is 18.5 Å². The van der Waals surface area contributed by atoms with E-state index in [9.17, 15) is 19.2 Å². The van der Waals surface area contributed by atoms with Crippen LogP contribution in [0.25, 0.3) is 0 Å². The fourth-order valence-electron chi connectivity index (χ4n) is 4.45. The van der Waals surface area contributed by atoms with Gasteiger partial charge in [-0.15, -0.1) is 0 Å². The Morgan fingerprint density at radius 2 is 1.81 bits per heavy atom. The number of likely N-dealkylation sites (tertiary alicyclic amines) is 1. The van der Waals surface area contributed by atoms with E-state index in [1.807, 2.05) is 0 Å². The SMILES string of the molecule is Nc1cncc(C2CCC(=O)NC2=O)c1.O=C(O)C1CCN(C(=O)C2CCCCC2)C1. The number of carboxylic acids is 1. The average Bonchev–Trinajstić information content (AvgIpc) is 3.25. The Morgan fingerprint density at radius 1 is 1.06 bits per heavy atom. The zero-order valence-electron chi connectivity index (χ0n) is 17.6. The molecule has 3 fully saturated rings. The highest BCUT2D eigenvalue weighted by atomic mass is 16.4. The minimum absolute atomic E-state index is 0.168. The highest BCUT2D eigenvalue weighted by molar-refractivity contribution is 6.00. The van der Waals surface area contributed by atoms with Gasteiger partial charge in [-0.2, -0.15) is 0 Å². The van der Waals surface area contributed by atoms with Crippen molar-refractivity contribution in [2.24, 2.45) is 11.8 Å². The van der Waals surface area contributed by atoms with E-state index in [0.717, 1.165) is 31.2 Å². The molecule has 4 N–H and O–H groups in total. The second-order valence-corrected chi connectivity index (χ2v) is 8.50. The number of anilines is 1. The smallest absolute Gasteiger partial charge is 0.308 e. The highest BCUT2D eigenvalue weighted by Gasteiger charge is 2.34. The van der Waals surface area contributed by atoms with Gasteiger partial charge in [0.25, 0.3) is 0 Å². The molecule has 1 aromatic rings. The molecule has 1 aromatic heterocycles. The van der Waals surface area contributed by atoms with Crippen molar-refractivity contribution in [2.75, 3.05) is 18.8 Å². The number of nitrogen functional groups attached to an aromatic ring is 1. The maximum atomic E-state index is 12.1. The van der Waals surface area contributed by atoms with Crippen LogP contribution < -0.4 is 11.1 Å². The van der Waals surface area contributed by atoms with Gasteiger partial charge in [-0.25, -0.2) is 0 Å². The molecule has 1 aliphatic carbocycles. The summed E-state index contributed by atoms with van der Waals surface area (Å²) in [5.41, 5.74) is 6.87. The van der Waals surface area contributed by atoms with E-state index in [2.05, 4.69) is 10.3 Å². The van der Waals surface area contributed by atoms with Gasteiger partial charge in [-0.3, -0.25) is 29.5 Å². The van der Waals surface area contributed by atoms with E-state index in [0.29, 0.717) is 38.0 Å². The van der Waals surface area contributed by atoms with Crippen molar-refractivity contribution in [2.45, 2.75) is 57.3 Å². The van der Waals surface area contributed by atoms with Crippen LogP contribution in [0.3, 0.4) is 0 Å². The number of amides is 3. The van der Waals surface area contributed by atoms with Crippen molar-refractivity contribution >= 4 is 29.4 Å². The summed E-state index contributed by atoms with van der Waals surface area (Å²) in [6, 6.07) is 1.72. The van der Waals surface area contributed by atoms with Gasteiger partial charge < -0.3 is 15.7 Å². The molecule has 0 aromatic carbocycles. The van der Waals surface area contributed by atoms with E-state index in [4.69, 9.17) is 10.8 Å². The predicted octanol–water partition coefficient (Wildman–Crippen LogP) is 1.68.